The number of nitrogens with zero attached hydrogens (tertiary/aromatic N) is 1. The molecule has 0 radical (unpaired) electrons. The third-order valence-electron chi connectivity index (χ3n) is 1.49. The largest absolute Gasteiger partial charge is 0.384 e. The van der Waals surface area contributed by atoms with Crippen molar-refractivity contribution >= 4 is 5.84 Å². The van der Waals surface area contributed by atoms with Crippen LogP contribution < -0.4 is 11.1 Å². The molecule has 4 nitrogen and oxygen atoms in total. The smallest absolute Gasteiger partial charge is 0.122 e. The third-order valence-corrected chi connectivity index (χ3v) is 1.49. The molecule has 0 aliphatic heterocycles. The van der Waals surface area contributed by atoms with Gasteiger partial charge in [0.1, 0.15) is 5.84 Å². The van der Waals surface area contributed by atoms with E-state index in [9.17, 15) is 0 Å². The molecular weight excluding hydrogens is 176 g/mol. The van der Waals surface area contributed by atoms with Crippen molar-refractivity contribution in [2.24, 2.45) is 5.73 Å². The molecule has 78 valence electrons. The molecule has 0 aliphatic rings. The lowest BCUT2D eigenvalue weighted by Gasteiger charge is -1.92. The molecule has 4 heteroatoms. The maximum Gasteiger partial charge on any atom is 0.122 e. The number of hydrogen-bond acceptors (Lipinski definition) is 3. The lowest BCUT2D eigenvalue weighted by Crippen LogP contribution is -2.10. The Morgan fingerprint density at radius 2 is 1.86 bits per heavy atom. The molecule has 0 amide bonds. The highest BCUT2D eigenvalue weighted by Crippen LogP contribution is 1.91. The summed E-state index contributed by atoms with van der Waals surface area (Å²) in [4.78, 5) is 3.78. The second-order valence-corrected chi connectivity index (χ2v) is 2.61. The van der Waals surface area contributed by atoms with Crippen molar-refractivity contribution in [1.29, 1.82) is 5.41 Å². The van der Waals surface area contributed by atoms with Gasteiger partial charge < -0.3 is 11.1 Å². The minimum absolute atomic E-state index is 0.0809. The summed E-state index contributed by atoms with van der Waals surface area (Å²) in [6.07, 6.45) is 3.22. The molecule has 1 aromatic heterocycles. The van der Waals surface area contributed by atoms with E-state index in [1.54, 1.807) is 24.5 Å². The van der Waals surface area contributed by atoms with Gasteiger partial charge in [-0.2, -0.15) is 0 Å². The first kappa shape index (κ1) is 12.6. The summed E-state index contributed by atoms with van der Waals surface area (Å²) in [6.45, 7) is 6.39. The van der Waals surface area contributed by atoms with Crippen LogP contribution in [0.3, 0.4) is 0 Å². The van der Waals surface area contributed by atoms with Crippen LogP contribution in [0.4, 0.5) is 0 Å². The Kier molecular flexibility index (Phi) is 7.36. The van der Waals surface area contributed by atoms with Gasteiger partial charge in [0.05, 0.1) is 0 Å². The van der Waals surface area contributed by atoms with E-state index in [0.29, 0.717) is 5.56 Å². The first-order chi connectivity index (χ1) is 6.72. The van der Waals surface area contributed by atoms with Gasteiger partial charge in [-0.3, -0.25) is 10.4 Å². The van der Waals surface area contributed by atoms with E-state index < -0.39 is 0 Å². The number of aromatic nitrogens is 1. The Balaban J connectivity index is 0.000000292. The SMILES string of the molecule is CCNCC.N=C(N)c1ccncc1. The number of rotatable bonds is 3. The molecule has 0 bridgehead atoms. The molecule has 0 fully saturated rings. The highest BCUT2D eigenvalue weighted by atomic mass is 14.8. The summed E-state index contributed by atoms with van der Waals surface area (Å²) < 4.78 is 0. The zero-order chi connectivity index (χ0) is 10.8. The summed E-state index contributed by atoms with van der Waals surface area (Å²) in [7, 11) is 0. The van der Waals surface area contributed by atoms with Crippen LogP contribution in [0, 0.1) is 5.41 Å². The predicted molar refractivity (Wildman–Crippen MR) is 59.5 cm³/mol. The van der Waals surface area contributed by atoms with Crippen molar-refractivity contribution in [3.63, 3.8) is 0 Å². The average Bonchev–Trinajstić information content (AvgIpc) is 2.21. The van der Waals surface area contributed by atoms with E-state index >= 15 is 0 Å². The minimum Gasteiger partial charge on any atom is -0.384 e. The van der Waals surface area contributed by atoms with E-state index in [2.05, 4.69) is 24.1 Å². The van der Waals surface area contributed by atoms with Gasteiger partial charge in [-0.25, -0.2) is 0 Å². The van der Waals surface area contributed by atoms with Crippen molar-refractivity contribution in [3.8, 4) is 0 Å². The molecule has 0 saturated heterocycles. The van der Waals surface area contributed by atoms with Gasteiger partial charge in [0.25, 0.3) is 0 Å². The van der Waals surface area contributed by atoms with Gasteiger partial charge in [-0.05, 0) is 25.2 Å². The van der Waals surface area contributed by atoms with E-state index in [1.807, 2.05) is 0 Å². The van der Waals surface area contributed by atoms with Gasteiger partial charge in [0, 0.05) is 18.0 Å². The van der Waals surface area contributed by atoms with E-state index in [-0.39, 0.29) is 5.84 Å². The van der Waals surface area contributed by atoms with E-state index in [4.69, 9.17) is 11.1 Å². The number of nitrogen functional groups attached to an aromatic ring is 1. The molecule has 1 rings (SSSR count). The van der Waals surface area contributed by atoms with Crippen LogP contribution in [-0.4, -0.2) is 23.9 Å². The predicted octanol–water partition coefficient (Wildman–Crippen LogP) is 0.981. The fourth-order valence-corrected chi connectivity index (χ4v) is 0.781. The Morgan fingerprint density at radius 3 is 2.07 bits per heavy atom. The molecule has 1 heterocycles. The molecular formula is C10H18N4. The standard InChI is InChI=1S/C6H7N3.C4H11N/c7-6(8)5-1-3-9-4-2-5;1-3-5-4-2/h1-4H,(H3,7,8);5H,3-4H2,1-2H3. The molecule has 1 aromatic rings. The molecule has 0 spiro atoms. The molecule has 0 aromatic carbocycles. The highest BCUT2D eigenvalue weighted by Gasteiger charge is 1.89. The van der Waals surface area contributed by atoms with E-state index in [1.165, 1.54) is 0 Å². The minimum atomic E-state index is 0.0809. The van der Waals surface area contributed by atoms with Gasteiger partial charge in [-0.15, -0.1) is 0 Å². The van der Waals surface area contributed by atoms with Gasteiger partial charge in [0.15, 0.2) is 0 Å². The van der Waals surface area contributed by atoms with Crippen LogP contribution in [-0.2, 0) is 0 Å². The zero-order valence-electron chi connectivity index (χ0n) is 8.75. The number of nitrogens with one attached hydrogen (secondary N) is 2. The van der Waals surface area contributed by atoms with Crippen LogP contribution in [0.25, 0.3) is 0 Å². The van der Waals surface area contributed by atoms with Crippen molar-refractivity contribution < 1.29 is 0 Å². The van der Waals surface area contributed by atoms with Crippen LogP contribution in [0.2, 0.25) is 0 Å². The maximum atomic E-state index is 6.99. The summed E-state index contributed by atoms with van der Waals surface area (Å²) in [5.74, 6) is 0.0809. The molecule has 0 unspecified atom stereocenters. The molecule has 0 saturated carbocycles. The first-order valence-corrected chi connectivity index (χ1v) is 4.67. The fourth-order valence-electron chi connectivity index (χ4n) is 0.781. The quantitative estimate of drug-likeness (QED) is 0.496. The maximum absolute atomic E-state index is 6.99. The van der Waals surface area contributed by atoms with Crippen LogP contribution in [0.5, 0.6) is 0 Å². The average molecular weight is 194 g/mol. The van der Waals surface area contributed by atoms with Crippen molar-refractivity contribution in [3.05, 3.63) is 30.1 Å². The normalized spacial score (nSPS) is 8.71. The van der Waals surface area contributed by atoms with Gasteiger partial charge >= 0.3 is 0 Å². The zero-order valence-corrected chi connectivity index (χ0v) is 8.75. The van der Waals surface area contributed by atoms with Gasteiger partial charge in [0.2, 0.25) is 0 Å². The van der Waals surface area contributed by atoms with Crippen LogP contribution >= 0.6 is 0 Å². The topological polar surface area (TPSA) is 74.8 Å². The number of hydrogen-bond donors (Lipinski definition) is 3. The lowest BCUT2D eigenvalue weighted by molar-refractivity contribution is 0.762. The second kappa shape index (κ2) is 8.19. The highest BCUT2D eigenvalue weighted by molar-refractivity contribution is 5.94. The summed E-state index contributed by atoms with van der Waals surface area (Å²) in [5.41, 5.74) is 5.88. The summed E-state index contributed by atoms with van der Waals surface area (Å²) in [6, 6.07) is 3.39. The monoisotopic (exact) mass is 194 g/mol. The van der Waals surface area contributed by atoms with Crippen molar-refractivity contribution in [2.75, 3.05) is 13.1 Å². The number of pyridine rings is 1. The fraction of sp³-hybridized carbons (Fsp3) is 0.400. The van der Waals surface area contributed by atoms with Gasteiger partial charge in [-0.1, -0.05) is 13.8 Å². The summed E-state index contributed by atoms with van der Waals surface area (Å²) in [5, 5.41) is 10.1. The third kappa shape index (κ3) is 6.14. The lowest BCUT2D eigenvalue weighted by atomic mass is 10.2. The molecule has 14 heavy (non-hydrogen) atoms. The summed E-state index contributed by atoms with van der Waals surface area (Å²) >= 11 is 0. The molecule has 4 N–H and O–H groups in total. The molecule has 0 atom stereocenters. The number of nitrogens with two attached hydrogens (primary N) is 1. The van der Waals surface area contributed by atoms with Crippen LogP contribution in [0.1, 0.15) is 19.4 Å². The number of amidine groups is 1. The van der Waals surface area contributed by atoms with Crippen molar-refractivity contribution in [1.82, 2.24) is 10.3 Å². The van der Waals surface area contributed by atoms with E-state index in [0.717, 1.165) is 13.1 Å². The Morgan fingerprint density at radius 1 is 1.36 bits per heavy atom. The van der Waals surface area contributed by atoms with Crippen molar-refractivity contribution in [2.45, 2.75) is 13.8 Å². The Hall–Kier alpha value is -1.42. The Labute approximate surface area is 85.1 Å². The Bertz CT molecular complexity index is 244. The first-order valence-electron chi connectivity index (χ1n) is 4.67. The molecule has 0 aliphatic carbocycles. The second-order valence-electron chi connectivity index (χ2n) is 2.61. The van der Waals surface area contributed by atoms with Crippen LogP contribution in [0.15, 0.2) is 24.5 Å².